The fourth-order valence-corrected chi connectivity index (χ4v) is 2.82. The largest absolute Gasteiger partial charge is 0.497 e. The molecule has 0 spiro atoms. The number of hydrogen-bond acceptors (Lipinski definition) is 4. The van der Waals surface area contributed by atoms with Crippen molar-refractivity contribution in [2.45, 2.75) is 12.8 Å². The molecule has 1 aliphatic rings. The third kappa shape index (κ3) is 4.79. The molecule has 3 N–H and O–H groups in total. The van der Waals surface area contributed by atoms with Crippen molar-refractivity contribution in [2.24, 2.45) is 5.92 Å². The van der Waals surface area contributed by atoms with Crippen molar-refractivity contribution >= 4 is 24.0 Å². The Morgan fingerprint density at radius 3 is 2.76 bits per heavy atom. The molecule has 5 nitrogen and oxygen atoms in total. The number of fused-ring (bicyclic) bond motifs is 1. The van der Waals surface area contributed by atoms with Gasteiger partial charge in [-0.1, -0.05) is 12.1 Å². The van der Waals surface area contributed by atoms with Crippen molar-refractivity contribution < 1.29 is 14.3 Å². The molecule has 0 saturated carbocycles. The quantitative estimate of drug-likeness (QED) is 0.802. The monoisotopic (exact) mass is 362 g/mol. The van der Waals surface area contributed by atoms with Gasteiger partial charge in [0.25, 0.3) is 0 Å². The summed E-state index contributed by atoms with van der Waals surface area (Å²) >= 11 is 0. The van der Waals surface area contributed by atoms with Crippen molar-refractivity contribution in [3.8, 4) is 11.5 Å². The lowest BCUT2D eigenvalue weighted by atomic mass is 9.95. The first kappa shape index (κ1) is 18.9. The summed E-state index contributed by atoms with van der Waals surface area (Å²) in [6.45, 7) is 1.01. The van der Waals surface area contributed by atoms with E-state index in [0.29, 0.717) is 19.6 Å². The summed E-state index contributed by atoms with van der Waals surface area (Å²) in [5, 5.41) is 2.99. The number of nitrogen functional groups attached to an aromatic ring is 1. The van der Waals surface area contributed by atoms with Crippen LogP contribution in [-0.4, -0.2) is 26.2 Å². The van der Waals surface area contributed by atoms with Gasteiger partial charge in [-0.25, -0.2) is 0 Å². The molecule has 6 heteroatoms. The van der Waals surface area contributed by atoms with E-state index in [4.69, 9.17) is 15.2 Å². The first-order valence-corrected chi connectivity index (χ1v) is 8.07. The minimum absolute atomic E-state index is 0. The van der Waals surface area contributed by atoms with Crippen molar-refractivity contribution in [3.05, 3.63) is 53.6 Å². The van der Waals surface area contributed by atoms with Gasteiger partial charge in [-0.2, -0.15) is 0 Å². The van der Waals surface area contributed by atoms with Gasteiger partial charge in [-0.3, -0.25) is 4.79 Å². The summed E-state index contributed by atoms with van der Waals surface area (Å²) in [6.07, 6.45) is 1.45. The number of carbonyl (C=O) groups excluding carboxylic acids is 1. The second-order valence-corrected chi connectivity index (χ2v) is 5.97. The number of nitrogens with two attached hydrogens (primary N) is 1. The van der Waals surface area contributed by atoms with Crippen LogP contribution in [0.3, 0.4) is 0 Å². The predicted octanol–water partition coefficient (Wildman–Crippen LogP) is 2.61. The Labute approximate surface area is 153 Å². The lowest BCUT2D eigenvalue weighted by Crippen LogP contribution is -2.38. The molecule has 134 valence electrons. The molecule has 1 amide bonds. The minimum Gasteiger partial charge on any atom is -0.497 e. The van der Waals surface area contributed by atoms with Gasteiger partial charge in [0.15, 0.2) is 0 Å². The van der Waals surface area contributed by atoms with Gasteiger partial charge in [-0.05, 0) is 54.3 Å². The Bertz CT molecular complexity index is 719. The Hall–Kier alpha value is -2.40. The minimum atomic E-state index is -0.170. The van der Waals surface area contributed by atoms with Gasteiger partial charge in [0.05, 0.1) is 13.0 Å². The van der Waals surface area contributed by atoms with Crippen LogP contribution in [0.4, 0.5) is 5.69 Å². The zero-order valence-corrected chi connectivity index (χ0v) is 15.0. The molecular formula is C19H23ClN2O3. The highest BCUT2D eigenvalue weighted by molar-refractivity contribution is 5.85. The average molecular weight is 363 g/mol. The summed E-state index contributed by atoms with van der Waals surface area (Å²) in [5.74, 6) is 1.47. The summed E-state index contributed by atoms with van der Waals surface area (Å²) in [6, 6.07) is 13.4. The second-order valence-electron chi connectivity index (χ2n) is 5.97. The third-order valence-corrected chi connectivity index (χ3v) is 4.24. The summed E-state index contributed by atoms with van der Waals surface area (Å²) in [5.41, 5.74) is 8.58. The van der Waals surface area contributed by atoms with Gasteiger partial charge in [0.2, 0.25) is 5.91 Å². The topological polar surface area (TPSA) is 73.6 Å². The molecule has 1 unspecified atom stereocenters. The maximum absolute atomic E-state index is 12.4. The number of anilines is 1. The number of nitrogens with one attached hydrogen (secondary N) is 1. The zero-order valence-electron chi connectivity index (χ0n) is 14.2. The fourth-order valence-electron chi connectivity index (χ4n) is 2.82. The predicted molar refractivity (Wildman–Crippen MR) is 100 cm³/mol. The van der Waals surface area contributed by atoms with E-state index >= 15 is 0 Å². The summed E-state index contributed by atoms with van der Waals surface area (Å²) in [7, 11) is 1.63. The standard InChI is InChI=1S/C19H22N2O3.ClH/c1-23-17-6-7-18-14(11-17)10-15(12-24-18)19(22)21-9-8-13-2-4-16(20)5-3-13;/h2-7,11,15H,8-10,12,20H2,1H3,(H,21,22);1H. The lowest BCUT2D eigenvalue weighted by molar-refractivity contribution is -0.126. The molecule has 0 radical (unpaired) electrons. The Morgan fingerprint density at radius 2 is 2.04 bits per heavy atom. The van der Waals surface area contributed by atoms with Crippen molar-refractivity contribution in [3.63, 3.8) is 0 Å². The van der Waals surface area contributed by atoms with Gasteiger partial charge >= 0.3 is 0 Å². The van der Waals surface area contributed by atoms with E-state index in [-0.39, 0.29) is 24.2 Å². The van der Waals surface area contributed by atoms with Crippen LogP contribution in [0, 0.1) is 5.92 Å². The van der Waals surface area contributed by atoms with Gasteiger partial charge in [0.1, 0.15) is 18.1 Å². The van der Waals surface area contributed by atoms with Crippen LogP contribution in [-0.2, 0) is 17.6 Å². The molecule has 1 aliphatic heterocycles. The number of hydrogen-bond donors (Lipinski definition) is 2. The van der Waals surface area contributed by atoms with E-state index in [1.807, 2.05) is 42.5 Å². The van der Waals surface area contributed by atoms with Crippen LogP contribution in [0.2, 0.25) is 0 Å². The number of rotatable bonds is 5. The first-order valence-electron chi connectivity index (χ1n) is 8.07. The summed E-state index contributed by atoms with van der Waals surface area (Å²) in [4.78, 5) is 12.4. The SMILES string of the molecule is COc1ccc2c(c1)CC(C(=O)NCCc1ccc(N)cc1)CO2.Cl. The Morgan fingerprint density at radius 1 is 1.28 bits per heavy atom. The van der Waals surface area contributed by atoms with Gasteiger partial charge < -0.3 is 20.5 Å². The number of ether oxygens (including phenoxy) is 2. The maximum atomic E-state index is 12.4. The van der Waals surface area contributed by atoms with Crippen LogP contribution in [0.5, 0.6) is 11.5 Å². The molecule has 2 aromatic carbocycles. The van der Waals surface area contributed by atoms with Crippen LogP contribution < -0.4 is 20.5 Å². The normalized spacial score (nSPS) is 15.3. The number of benzene rings is 2. The fraction of sp³-hybridized carbons (Fsp3) is 0.316. The molecule has 1 heterocycles. The Balaban J connectivity index is 0.00000225. The molecule has 3 rings (SSSR count). The molecule has 0 aliphatic carbocycles. The lowest BCUT2D eigenvalue weighted by Gasteiger charge is -2.25. The maximum Gasteiger partial charge on any atom is 0.226 e. The molecule has 0 bridgehead atoms. The van der Waals surface area contributed by atoms with Crippen LogP contribution in [0.1, 0.15) is 11.1 Å². The Kier molecular flexibility index (Phi) is 6.53. The molecular weight excluding hydrogens is 340 g/mol. The highest BCUT2D eigenvalue weighted by Gasteiger charge is 2.26. The molecule has 2 aromatic rings. The smallest absolute Gasteiger partial charge is 0.226 e. The molecule has 0 aromatic heterocycles. The third-order valence-electron chi connectivity index (χ3n) is 4.24. The first-order chi connectivity index (χ1) is 11.7. The number of carbonyl (C=O) groups is 1. The van der Waals surface area contributed by atoms with E-state index < -0.39 is 0 Å². The van der Waals surface area contributed by atoms with Crippen LogP contribution >= 0.6 is 12.4 Å². The molecule has 0 saturated heterocycles. The number of methoxy groups -OCH3 is 1. The van der Waals surface area contributed by atoms with E-state index in [0.717, 1.165) is 34.7 Å². The van der Waals surface area contributed by atoms with E-state index in [1.54, 1.807) is 7.11 Å². The van der Waals surface area contributed by atoms with Crippen molar-refractivity contribution in [1.29, 1.82) is 0 Å². The van der Waals surface area contributed by atoms with Gasteiger partial charge in [-0.15, -0.1) is 12.4 Å². The van der Waals surface area contributed by atoms with Crippen LogP contribution in [0.15, 0.2) is 42.5 Å². The van der Waals surface area contributed by atoms with Crippen molar-refractivity contribution in [1.82, 2.24) is 5.32 Å². The molecule has 1 atom stereocenters. The summed E-state index contributed by atoms with van der Waals surface area (Å²) < 4.78 is 10.9. The highest BCUT2D eigenvalue weighted by atomic mass is 35.5. The molecule has 0 fully saturated rings. The van der Waals surface area contributed by atoms with Crippen molar-refractivity contribution in [2.75, 3.05) is 26.0 Å². The van der Waals surface area contributed by atoms with E-state index in [9.17, 15) is 4.79 Å². The highest BCUT2D eigenvalue weighted by Crippen LogP contribution is 2.30. The van der Waals surface area contributed by atoms with E-state index in [1.165, 1.54) is 0 Å². The number of amides is 1. The average Bonchev–Trinajstić information content (AvgIpc) is 2.62. The number of halogens is 1. The second kappa shape index (κ2) is 8.62. The zero-order chi connectivity index (χ0) is 16.9. The van der Waals surface area contributed by atoms with Crippen LogP contribution in [0.25, 0.3) is 0 Å². The van der Waals surface area contributed by atoms with E-state index in [2.05, 4.69) is 5.32 Å². The molecule has 25 heavy (non-hydrogen) atoms. The van der Waals surface area contributed by atoms with Gasteiger partial charge in [0, 0.05) is 12.2 Å².